The lowest BCUT2D eigenvalue weighted by molar-refractivity contribution is 0.0478. The smallest absolute Gasteiger partial charge is 0.358 e. The topological polar surface area (TPSA) is 52.1 Å². The van der Waals surface area contributed by atoms with Crippen molar-refractivity contribution in [3.8, 4) is 0 Å². The zero-order valence-electron chi connectivity index (χ0n) is 7.44. The average Bonchev–Trinajstić information content (AvgIpc) is 2.99. The molecular formula is C9H9ClN2O2. The van der Waals surface area contributed by atoms with Crippen molar-refractivity contribution in [3.63, 3.8) is 0 Å². The van der Waals surface area contributed by atoms with Gasteiger partial charge in [-0.2, -0.15) is 0 Å². The first-order chi connectivity index (χ1) is 6.75. The Bertz CT molecular complexity index is 335. The fraction of sp³-hybridized carbons (Fsp3) is 0.444. The Morgan fingerprint density at radius 1 is 1.50 bits per heavy atom. The lowest BCUT2D eigenvalue weighted by atomic mass is 10.4. The molecule has 1 aromatic heterocycles. The Balaban J connectivity index is 1.92. The molecule has 1 aliphatic rings. The third-order valence-corrected chi connectivity index (χ3v) is 2.17. The second kappa shape index (κ2) is 3.92. The van der Waals surface area contributed by atoms with Gasteiger partial charge in [-0.3, -0.25) is 0 Å². The molecule has 0 N–H and O–H groups in total. The SMILES string of the molecule is O=C(OCC1CC1)c1cnc(Cl)cn1. The average molecular weight is 213 g/mol. The van der Waals surface area contributed by atoms with E-state index >= 15 is 0 Å². The van der Waals surface area contributed by atoms with Gasteiger partial charge in [0.15, 0.2) is 5.69 Å². The maximum Gasteiger partial charge on any atom is 0.358 e. The molecule has 5 heteroatoms. The summed E-state index contributed by atoms with van der Waals surface area (Å²) in [5.41, 5.74) is 0.204. The minimum Gasteiger partial charge on any atom is -0.461 e. The molecule has 1 aromatic rings. The van der Waals surface area contributed by atoms with Gasteiger partial charge in [-0.1, -0.05) is 11.6 Å². The Labute approximate surface area is 86.3 Å². The van der Waals surface area contributed by atoms with Gasteiger partial charge in [0.25, 0.3) is 0 Å². The van der Waals surface area contributed by atoms with Crippen molar-refractivity contribution in [2.24, 2.45) is 5.92 Å². The van der Waals surface area contributed by atoms with Crippen LogP contribution in [0.15, 0.2) is 12.4 Å². The molecule has 1 aliphatic carbocycles. The van der Waals surface area contributed by atoms with Crippen LogP contribution in [0.2, 0.25) is 5.15 Å². The summed E-state index contributed by atoms with van der Waals surface area (Å²) in [7, 11) is 0. The Morgan fingerprint density at radius 2 is 2.29 bits per heavy atom. The van der Waals surface area contributed by atoms with Gasteiger partial charge in [0, 0.05) is 0 Å². The van der Waals surface area contributed by atoms with Gasteiger partial charge in [0.1, 0.15) is 5.15 Å². The van der Waals surface area contributed by atoms with Crippen LogP contribution in [0.3, 0.4) is 0 Å². The Hall–Kier alpha value is -1.16. The van der Waals surface area contributed by atoms with E-state index in [0.29, 0.717) is 12.5 Å². The second-order valence-electron chi connectivity index (χ2n) is 3.27. The number of aromatic nitrogens is 2. The Morgan fingerprint density at radius 3 is 2.86 bits per heavy atom. The van der Waals surface area contributed by atoms with Crippen LogP contribution in [0.4, 0.5) is 0 Å². The van der Waals surface area contributed by atoms with E-state index in [-0.39, 0.29) is 10.8 Å². The van der Waals surface area contributed by atoms with E-state index in [2.05, 4.69) is 9.97 Å². The Kier molecular flexibility index (Phi) is 2.63. The van der Waals surface area contributed by atoms with E-state index < -0.39 is 5.97 Å². The second-order valence-corrected chi connectivity index (χ2v) is 3.65. The number of nitrogens with zero attached hydrogens (tertiary/aromatic N) is 2. The first kappa shape index (κ1) is 9.40. The molecule has 1 saturated carbocycles. The van der Waals surface area contributed by atoms with Crippen molar-refractivity contribution < 1.29 is 9.53 Å². The molecule has 74 valence electrons. The normalized spacial score (nSPS) is 15.2. The molecule has 0 unspecified atom stereocenters. The molecule has 0 aromatic carbocycles. The number of ether oxygens (including phenoxy) is 1. The molecule has 0 atom stereocenters. The molecule has 0 amide bonds. The molecule has 1 heterocycles. The van der Waals surface area contributed by atoms with Crippen LogP contribution in [0, 0.1) is 5.92 Å². The molecule has 0 radical (unpaired) electrons. The van der Waals surface area contributed by atoms with Crippen molar-refractivity contribution in [2.45, 2.75) is 12.8 Å². The summed E-state index contributed by atoms with van der Waals surface area (Å²) >= 11 is 5.53. The highest BCUT2D eigenvalue weighted by atomic mass is 35.5. The predicted molar refractivity (Wildman–Crippen MR) is 50.0 cm³/mol. The quantitative estimate of drug-likeness (QED) is 0.716. The molecule has 0 saturated heterocycles. The van der Waals surface area contributed by atoms with Gasteiger partial charge in [0.05, 0.1) is 19.0 Å². The third-order valence-electron chi connectivity index (χ3n) is 1.98. The van der Waals surface area contributed by atoms with Crippen LogP contribution in [0.25, 0.3) is 0 Å². The zero-order chi connectivity index (χ0) is 9.97. The summed E-state index contributed by atoms with van der Waals surface area (Å²) in [6.45, 7) is 0.489. The fourth-order valence-electron chi connectivity index (χ4n) is 0.970. The van der Waals surface area contributed by atoms with E-state index in [1.54, 1.807) is 0 Å². The summed E-state index contributed by atoms with van der Waals surface area (Å²) in [5, 5.41) is 0.267. The maximum atomic E-state index is 11.3. The van der Waals surface area contributed by atoms with Crippen LogP contribution in [-0.2, 0) is 4.74 Å². The van der Waals surface area contributed by atoms with Gasteiger partial charge in [-0.25, -0.2) is 14.8 Å². The van der Waals surface area contributed by atoms with Crippen molar-refractivity contribution in [1.29, 1.82) is 0 Å². The standard InChI is InChI=1S/C9H9ClN2O2/c10-8-4-11-7(3-12-8)9(13)14-5-6-1-2-6/h3-4,6H,1-2,5H2. The number of rotatable bonds is 3. The number of carbonyl (C=O) groups is 1. The van der Waals surface area contributed by atoms with Crippen LogP contribution in [0.1, 0.15) is 23.3 Å². The highest BCUT2D eigenvalue weighted by Gasteiger charge is 2.23. The minimum absolute atomic E-state index is 0.204. The largest absolute Gasteiger partial charge is 0.461 e. The van der Waals surface area contributed by atoms with Gasteiger partial charge in [-0.15, -0.1) is 0 Å². The molecule has 4 nitrogen and oxygen atoms in total. The summed E-state index contributed by atoms with van der Waals surface area (Å²) in [4.78, 5) is 18.9. The minimum atomic E-state index is -0.430. The monoisotopic (exact) mass is 212 g/mol. The number of esters is 1. The van der Waals surface area contributed by atoms with Gasteiger partial charge >= 0.3 is 5.97 Å². The van der Waals surface area contributed by atoms with Crippen LogP contribution < -0.4 is 0 Å². The molecule has 0 bridgehead atoms. The highest BCUT2D eigenvalue weighted by Crippen LogP contribution is 2.28. The van der Waals surface area contributed by atoms with E-state index in [0.717, 1.165) is 12.8 Å². The number of halogens is 1. The number of hydrogen-bond donors (Lipinski definition) is 0. The zero-order valence-corrected chi connectivity index (χ0v) is 8.20. The van der Waals surface area contributed by atoms with Gasteiger partial charge in [-0.05, 0) is 18.8 Å². The van der Waals surface area contributed by atoms with E-state index in [1.165, 1.54) is 12.4 Å². The molecule has 1 fully saturated rings. The van der Waals surface area contributed by atoms with Crippen LogP contribution in [-0.4, -0.2) is 22.5 Å². The van der Waals surface area contributed by atoms with E-state index in [1.807, 2.05) is 0 Å². The van der Waals surface area contributed by atoms with E-state index in [9.17, 15) is 4.79 Å². The van der Waals surface area contributed by atoms with Crippen molar-refractivity contribution in [1.82, 2.24) is 9.97 Å². The van der Waals surface area contributed by atoms with E-state index in [4.69, 9.17) is 16.3 Å². The van der Waals surface area contributed by atoms with Crippen molar-refractivity contribution in [3.05, 3.63) is 23.2 Å². The summed E-state index contributed by atoms with van der Waals surface area (Å²) < 4.78 is 5.01. The molecule has 2 rings (SSSR count). The number of carbonyl (C=O) groups excluding carboxylic acids is 1. The summed E-state index contributed by atoms with van der Waals surface area (Å²) in [6, 6.07) is 0. The predicted octanol–water partition coefficient (Wildman–Crippen LogP) is 1.70. The molecule has 0 aliphatic heterocycles. The summed E-state index contributed by atoms with van der Waals surface area (Å²) in [5.74, 6) is 0.125. The lowest BCUT2D eigenvalue weighted by Crippen LogP contribution is -2.09. The van der Waals surface area contributed by atoms with Gasteiger partial charge in [0.2, 0.25) is 0 Å². The maximum absolute atomic E-state index is 11.3. The summed E-state index contributed by atoms with van der Waals surface area (Å²) in [6.07, 6.45) is 4.95. The molecule has 0 spiro atoms. The lowest BCUT2D eigenvalue weighted by Gasteiger charge is -2.01. The van der Waals surface area contributed by atoms with Crippen molar-refractivity contribution in [2.75, 3.05) is 6.61 Å². The third kappa shape index (κ3) is 2.42. The van der Waals surface area contributed by atoms with Gasteiger partial charge < -0.3 is 4.74 Å². The first-order valence-corrected chi connectivity index (χ1v) is 4.78. The number of hydrogen-bond acceptors (Lipinski definition) is 4. The fourth-order valence-corrected chi connectivity index (χ4v) is 1.07. The van der Waals surface area contributed by atoms with Crippen LogP contribution in [0.5, 0.6) is 0 Å². The highest BCUT2D eigenvalue weighted by molar-refractivity contribution is 6.29. The molecule has 14 heavy (non-hydrogen) atoms. The van der Waals surface area contributed by atoms with Crippen molar-refractivity contribution >= 4 is 17.6 Å². The van der Waals surface area contributed by atoms with Crippen LogP contribution >= 0.6 is 11.6 Å². The first-order valence-electron chi connectivity index (χ1n) is 4.40. The molecular weight excluding hydrogens is 204 g/mol.